The van der Waals surface area contributed by atoms with Crippen LogP contribution in [0.2, 0.25) is 0 Å². The van der Waals surface area contributed by atoms with Crippen molar-refractivity contribution in [3.8, 4) is 0 Å². The standard InChI is InChI=1S/C20H29NO2/c1-3-23-19-14-18(22)20(19)9-11-21(12-10-20)15-16(2)13-17-7-5-4-6-8-17/h4-8,13,18-19,22H,3,9-12,14-15H2,1-2H3/b16-13+. The van der Waals surface area contributed by atoms with Crippen molar-refractivity contribution < 1.29 is 9.84 Å². The topological polar surface area (TPSA) is 32.7 Å². The third-order valence-corrected chi connectivity index (χ3v) is 5.58. The van der Waals surface area contributed by atoms with E-state index < -0.39 is 0 Å². The minimum Gasteiger partial charge on any atom is -0.392 e. The van der Waals surface area contributed by atoms with E-state index in [1.165, 1.54) is 11.1 Å². The number of hydrogen-bond donors (Lipinski definition) is 1. The molecule has 0 radical (unpaired) electrons. The summed E-state index contributed by atoms with van der Waals surface area (Å²) in [4.78, 5) is 2.51. The summed E-state index contributed by atoms with van der Waals surface area (Å²) in [5.74, 6) is 0. The Labute approximate surface area is 140 Å². The van der Waals surface area contributed by atoms with Gasteiger partial charge in [-0.3, -0.25) is 4.90 Å². The Bertz CT molecular complexity index is 530. The molecule has 3 rings (SSSR count). The van der Waals surface area contributed by atoms with Gasteiger partial charge in [0.25, 0.3) is 0 Å². The molecule has 1 saturated heterocycles. The molecule has 1 N–H and O–H groups in total. The molecule has 23 heavy (non-hydrogen) atoms. The lowest BCUT2D eigenvalue weighted by atomic mass is 9.58. The summed E-state index contributed by atoms with van der Waals surface area (Å²) in [6.45, 7) is 8.13. The fourth-order valence-corrected chi connectivity index (χ4v) is 4.18. The van der Waals surface area contributed by atoms with Gasteiger partial charge in [-0.1, -0.05) is 42.0 Å². The van der Waals surface area contributed by atoms with Crippen molar-refractivity contribution >= 4 is 6.08 Å². The fraction of sp³-hybridized carbons (Fsp3) is 0.600. The smallest absolute Gasteiger partial charge is 0.0681 e. The van der Waals surface area contributed by atoms with Crippen LogP contribution in [0.5, 0.6) is 0 Å². The SMILES string of the molecule is CCOC1CC(O)C12CCN(C/C(C)=C/c1ccccc1)CC2. The van der Waals surface area contributed by atoms with Gasteiger partial charge in [0.15, 0.2) is 0 Å². The van der Waals surface area contributed by atoms with Gasteiger partial charge in [-0.2, -0.15) is 0 Å². The first-order valence-corrected chi connectivity index (χ1v) is 8.88. The van der Waals surface area contributed by atoms with E-state index in [-0.39, 0.29) is 17.6 Å². The van der Waals surface area contributed by atoms with E-state index in [9.17, 15) is 5.11 Å². The maximum atomic E-state index is 10.3. The normalized spacial score (nSPS) is 27.9. The Morgan fingerprint density at radius 2 is 2.00 bits per heavy atom. The van der Waals surface area contributed by atoms with E-state index in [0.29, 0.717) is 0 Å². The van der Waals surface area contributed by atoms with Gasteiger partial charge >= 0.3 is 0 Å². The number of hydrogen-bond acceptors (Lipinski definition) is 3. The Morgan fingerprint density at radius 3 is 2.61 bits per heavy atom. The zero-order valence-corrected chi connectivity index (χ0v) is 14.4. The van der Waals surface area contributed by atoms with Gasteiger partial charge in [-0.25, -0.2) is 0 Å². The number of ether oxygens (including phenoxy) is 1. The number of aliphatic hydroxyl groups excluding tert-OH is 1. The van der Waals surface area contributed by atoms with Crippen molar-refractivity contribution in [1.29, 1.82) is 0 Å². The predicted octanol–water partition coefficient (Wildman–Crippen LogP) is 3.34. The number of benzene rings is 1. The molecule has 3 nitrogen and oxygen atoms in total. The van der Waals surface area contributed by atoms with Crippen LogP contribution in [-0.2, 0) is 4.74 Å². The van der Waals surface area contributed by atoms with Crippen molar-refractivity contribution in [3.63, 3.8) is 0 Å². The molecule has 1 saturated carbocycles. The molecule has 2 fully saturated rings. The molecule has 1 aliphatic carbocycles. The number of nitrogens with zero attached hydrogens (tertiary/aromatic N) is 1. The molecule has 1 aromatic carbocycles. The summed E-state index contributed by atoms with van der Waals surface area (Å²) in [6, 6.07) is 10.5. The number of rotatable bonds is 5. The average Bonchev–Trinajstić information content (AvgIpc) is 2.56. The van der Waals surface area contributed by atoms with Gasteiger partial charge in [-0.05, 0) is 45.3 Å². The predicted molar refractivity (Wildman–Crippen MR) is 94.2 cm³/mol. The third kappa shape index (κ3) is 3.52. The van der Waals surface area contributed by atoms with Crippen molar-refractivity contribution in [2.45, 2.75) is 45.3 Å². The first kappa shape index (κ1) is 16.7. The van der Waals surface area contributed by atoms with Gasteiger partial charge in [0, 0.05) is 25.0 Å². The monoisotopic (exact) mass is 315 g/mol. The van der Waals surface area contributed by atoms with E-state index in [4.69, 9.17) is 4.74 Å². The summed E-state index contributed by atoms with van der Waals surface area (Å²) in [5, 5.41) is 10.3. The highest BCUT2D eigenvalue weighted by atomic mass is 16.5. The Kier molecular flexibility index (Phi) is 5.20. The molecular formula is C20H29NO2. The minimum atomic E-state index is -0.165. The maximum Gasteiger partial charge on any atom is 0.0681 e. The second kappa shape index (κ2) is 7.16. The molecule has 2 aliphatic rings. The van der Waals surface area contributed by atoms with E-state index in [2.05, 4.69) is 48.2 Å². The van der Waals surface area contributed by atoms with Crippen LogP contribution in [0.15, 0.2) is 35.9 Å². The molecule has 2 unspecified atom stereocenters. The lowest BCUT2D eigenvalue weighted by molar-refractivity contribution is -0.209. The highest BCUT2D eigenvalue weighted by Crippen LogP contribution is 2.50. The largest absolute Gasteiger partial charge is 0.392 e. The van der Waals surface area contributed by atoms with Crippen LogP contribution in [-0.4, -0.2) is 48.5 Å². The van der Waals surface area contributed by atoms with Crippen LogP contribution in [0.3, 0.4) is 0 Å². The summed E-state index contributed by atoms with van der Waals surface area (Å²) in [7, 11) is 0. The Balaban J connectivity index is 1.54. The molecule has 126 valence electrons. The summed E-state index contributed by atoms with van der Waals surface area (Å²) in [6.07, 6.45) is 5.30. The second-order valence-electron chi connectivity index (χ2n) is 7.11. The van der Waals surface area contributed by atoms with E-state index in [0.717, 1.165) is 45.5 Å². The summed E-state index contributed by atoms with van der Waals surface area (Å²) in [5.41, 5.74) is 2.69. The molecular weight excluding hydrogens is 286 g/mol. The molecule has 2 atom stereocenters. The Hall–Kier alpha value is -1.16. The Morgan fingerprint density at radius 1 is 1.30 bits per heavy atom. The highest BCUT2D eigenvalue weighted by molar-refractivity contribution is 5.52. The minimum absolute atomic E-state index is 0.0313. The van der Waals surface area contributed by atoms with Gasteiger partial charge in [0.1, 0.15) is 0 Å². The average molecular weight is 315 g/mol. The maximum absolute atomic E-state index is 10.3. The van der Waals surface area contributed by atoms with Crippen LogP contribution in [0, 0.1) is 5.41 Å². The van der Waals surface area contributed by atoms with E-state index in [1.807, 2.05) is 6.92 Å². The number of aliphatic hydroxyl groups is 1. The van der Waals surface area contributed by atoms with Crippen LogP contribution >= 0.6 is 0 Å². The van der Waals surface area contributed by atoms with Crippen LogP contribution < -0.4 is 0 Å². The van der Waals surface area contributed by atoms with Gasteiger partial charge in [0.2, 0.25) is 0 Å². The zero-order chi connectivity index (χ0) is 16.3. The first-order valence-electron chi connectivity index (χ1n) is 8.88. The second-order valence-corrected chi connectivity index (χ2v) is 7.11. The van der Waals surface area contributed by atoms with Crippen LogP contribution in [0.25, 0.3) is 6.08 Å². The molecule has 0 amide bonds. The van der Waals surface area contributed by atoms with Crippen molar-refractivity contribution in [1.82, 2.24) is 4.90 Å². The molecule has 3 heteroatoms. The molecule has 0 aromatic heterocycles. The lowest BCUT2D eigenvalue weighted by Crippen LogP contribution is -2.62. The summed E-state index contributed by atoms with van der Waals surface area (Å²) < 4.78 is 5.85. The highest BCUT2D eigenvalue weighted by Gasteiger charge is 2.55. The zero-order valence-electron chi connectivity index (χ0n) is 14.4. The lowest BCUT2D eigenvalue weighted by Gasteiger charge is -2.56. The van der Waals surface area contributed by atoms with Crippen LogP contribution in [0.1, 0.15) is 38.7 Å². The first-order chi connectivity index (χ1) is 11.1. The number of likely N-dealkylation sites (tertiary alicyclic amines) is 1. The van der Waals surface area contributed by atoms with Crippen molar-refractivity contribution in [3.05, 3.63) is 41.5 Å². The molecule has 1 spiro atoms. The fourth-order valence-electron chi connectivity index (χ4n) is 4.18. The van der Waals surface area contributed by atoms with Crippen molar-refractivity contribution in [2.75, 3.05) is 26.2 Å². The van der Waals surface area contributed by atoms with Gasteiger partial charge < -0.3 is 9.84 Å². The molecule has 1 heterocycles. The molecule has 0 bridgehead atoms. The molecule has 1 aromatic rings. The third-order valence-electron chi connectivity index (χ3n) is 5.58. The summed E-state index contributed by atoms with van der Waals surface area (Å²) >= 11 is 0. The number of piperidine rings is 1. The quantitative estimate of drug-likeness (QED) is 0.904. The van der Waals surface area contributed by atoms with Gasteiger partial charge in [-0.15, -0.1) is 0 Å². The molecule has 1 aliphatic heterocycles. The van der Waals surface area contributed by atoms with E-state index >= 15 is 0 Å². The van der Waals surface area contributed by atoms with E-state index in [1.54, 1.807) is 0 Å². The van der Waals surface area contributed by atoms with Crippen LogP contribution in [0.4, 0.5) is 0 Å². The van der Waals surface area contributed by atoms with Crippen molar-refractivity contribution in [2.24, 2.45) is 5.41 Å². The van der Waals surface area contributed by atoms with Gasteiger partial charge in [0.05, 0.1) is 12.2 Å².